The lowest BCUT2D eigenvalue weighted by molar-refractivity contribution is -0.138. The molecule has 0 aromatic rings. The average molecular weight is 852 g/mol. The summed E-state index contributed by atoms with van der Waals surface area (Å²) in [6, 6.07) is 0. The lowest BCUT2D eigenvalue weighted by Crippen LogP contribution is -2.09. The molecule has 0 aromatic carbocycles. The molecule has 0 aliphatic heterocycles. The van der Waals surface area contributed by atoms with E-state index in [1.54, 1.807) is 0 Å². The van der Waals surface area contributed by atoms with Crippen LogP contribution in [-0.2, 0) is 14.4 Å². The van der Waals surface area contributed by atoms with Crippen molar-refractivity contribution in [3.63, 3.8) is 0 Å². The maximum absolute atomic E-state index is 10.6. The van der Waals surface area contributed by atoms with Gasteiger partial charge in [0.05, 0.1) is 0 Å². The van der Waals surface area contributed by atoms with Crippen LogP contribution in [0, 0.1) is 0 Å². The molecule has 0 aliphatic carbocycles. The van der Waals surface area contributed by atoms with Gasteiger partial charge in [-0.25, -0.2) is 0 Å². The van der Waals surface area contributed by atoms with Gasteiger partial charge >= 0.3 is 11.9 Å². The van der Waals surface area contributed by atoms with Crippen LogP contribution in [0.2, 0.25) is 0 Å². The third-order valence-corrected chi connectivity index (χ3v) is 12.0. The molecule has 6 nitrogen and oxygen atoms in total. The Morgan fingerprint density at radius 2 is 0.383 bits per heavy atom. The van der Waals surface area contributed by atoms with Crippen LogP contribution in [0.15, 0.2) is 0 Å². The highest BCUT2D eigenvalue weighted by atomic mass is 16.4. The van der Waals surface area contributed by atoms with Crippen LogP contribution in [0.25, 0.3) is 0 Å². The first kappa shape index (κ1) is 62.7. The summed E-state index contributed by atoms with van der Waals surface area (Å²) in [4.78, 5) is 31.2. The van der Waals surface area contributed by atoms with Gasteiger partial charge in [0.2, 0.25) is 5.91 Å². The first-order valence-corrected chi connectivity index (χ1v) is 27.0. The van der Waals surface area contributed by atoms with E-state index in [9.17, 15) is 14.4 Å². The molecule has 6 heteroatoms. The molecule has 0 spiro atoms. The van der Waals surface area contributed by atoms with Crippen molar-refractivity contribution in [3.05, 3.63) is 0 Å². The van der Waals surface area contributed by atoms with Gasteiger partial charge in [-0.2, -0.15) is 0 Å². The van der Waals surface area contributed by atoms with Crippen molar-refractivity contribution >= 4 is 17.8 Å². The van der Waals surface area contributed by atoms with E-state index in [4.69, 9.17) is 15.9 Å². The SMILES string of the molecule is CCCCCCCCCCCCCCCCCC(=O)O.CCCCCCCCCCCCCCCCCC(=O)O.CCCCCCCCCCCCCCCCCC(N)=O. The number of aliphatic carboxylic acids is 2. The number of primary amides is 1. The number of carbonyl (C=O) groups excluding carboxylic acids is 1. The summed E-state index contributed by atoms with van der Waals surface area (Å²) >= 11 is 0. The van der Waals surface area contributed by atoms with Crippen LogP contribution in [-0.4, -0.2) is 28.1 Å². The molecule has 0 unspecified atom stereocenters. The minimum atomic E-state index is -0.653. The van der Waals surface area contributed by atoms with E-state index in [2.05, 4.69) is 20.8 Å². The van der Waals surface area contributed by atoms with Crippen LogP contribution in [0.4, 0.5) is 0 Å². The number of hydrogen-bond donors (Lipinski definition) is 3. The van der Waals surface area contributed by atoms with E-state index >= 15 is 0 Å². The van der Waals surface area contributed by atoms with Gasteiger partial charge < -0.3 is 15.9 Å². The molecule has 360 valence electrons. The second-order valence-corrected chi connectivity index (χ2v) is 18.4. The molecule has 1 amide bonds. The fraction of sp³-hybridized carbons (Fsp3) is 0.944. The molecule has 0 radical (unpaired) electrons. The van der Waals surface area contributed by atoms with Crippen LogP contribution < -0.4 is 5.73 Å². The monoisotopic (exact) mass is 852 g/mol. The molecule has 0 aromatic heterocycles. The van der Waals surface area contributed by atoms with Gasteiger partial charge in [0.1, 0.15) is 0 Å². The van der Waals surface area contributed by atoms with Crippen molar-refractivity contribution in [2.24, 2.45) is 5.73 Å². The molecule has 60 heavy (non-hydrogen) atoms. The van der Waals surface area contributed by atoms with Gasteiger partial charge in [0, 0.05) is 19.3 Å². The summed E-state index contributed by atoms with van der Waals surface area (Å²) in [5, 5.41) is 17.0. The number of unbranched alkanes of at least 4 members (excludes halogenated alkanes) is 42. The minimum Gasteiger partial charge on any atom is -0.481 e. The molecular formula is C54H109NO5. The molecule has 0 fully saturated rings. The predicted molar refractivity (Wildman–Crippen MR) is 263 cm³/mol. The summed E-state index contributed by atoms with van der Waals surface area (Å²) in [6.07, 6.45) is 61.3. The van der Waals surface area contributed by atoms with Crippen LogP contribution in [0.5, 0.6) is 0 Å². The highest BCUT2D eigenvalue weighted by Gasteiger charge is 2.00. The van der Waals surface area contributed by atoms with Crippen molar-refractivity contribution in [2.45, 2.75) is 329 Å². The molecule has 0 saturated carbocycles. The number of rotatable bonds is 48. The average Bonchev–Trinajstić information content (AvgIpc) is 3.22. The highest BCUT2D eigenvalue weighted by Crippen LogP contribution is 2.16. The zero-order valence-corrected chi connectivity index (χ0v) is 41.1. The first-order chi connectivity index (χ1) is 29.3. The van der Waals surface area contributed by atoms with Gasteiger partial charge in [0.15, 0.2) is 0 Å². The van der Waals surface area contributed by atoms with Gasteiger partial charge in [0.25, 0.3) is 0 Å². The third kappa shape index (κ3) is 70.9. The predicted octanol–water partition coefficient (Wildman–Crippen LogP) is 18.4. The number of nitrogens with two attached hydrogens (primary N) is 1. The molecule has 0 saturated heterocycles. The number of carboxylic acid groups (broad SMARTS) is 2. The summed E-state index contributed by atoms with van der Waals surface area (Å²) < 4.78 is 0. The van der Waals surface area contributed by atoms with E-state index in [1.165, 1.54) is 257 Å². The Labute approximate surface area is 376 Å². The Bertz CT molecular complexity index is 713. The number of amides is 1. The van der Waals surface area contributed by atoms with Crippen molar-refractivity contribution in [1.82, 2.24) is 0 Å². The zero-order chi connectivity index (χ0) is 44.7. The lowest BCUT2D eigenvalue weighted by Gasteiger charge is -2.03. The van der Waals surface area contributed by atoms with Crippen LogP contribution >= 0.6 is 0 Å². The Morgan fingerprint density at radius 3 is 0.517 bits per heavy atom. The van der Waals surface area contributed by atoms with E-state index in [-0.39, 0.29) is 5.91 Å². The van der Waals surface area contributed by atoms with E-state index in [0.717, 1.165) is 32.1 Å². The Hall–Kier alpha value is -1.59. The van der Waals surface area contributed by atoms with E-state index in [1.807, 2.05) is 0 Å². The van der Waals surface area contributed by atoms with E-state index < -0.39 is 11.9 Å². The number of carboxylic acids is 2. The topological polar surface area (TPSA) is 118 Å². The Morgan fingerprint density at radius 1 is 0.250 bits per heavy atom. The van der Waals surface area contributed by atoms with Crippen molar-refractivity contribution < 1.29 is 24.6 Å². The van der Waals surface area contributed by atoms with Crippen LogP contribution in [0.1, 0.15) is 329 Å². The van der Waals surface area contributed by atoms with Crippen molar-refractivity contribution in [1.29, 1.82) is 0 Å². The largest absolute Gasteiger partial charge is 0.481 e. The summed E-state index contributed by atoms with van der Waals surface area (Å²) in [5.41, 5.74) is 5.11. The molecule has 0 rings (SSSR count). The zero-order valence-electron chi connectivity index (χ0n) is 41.1. The normalized spacial score (nSPS) is 10.8. The standard InChI is InChI=1S/C18H37NO.2C18H36O2/c3*1-2-3-4-5-6-7-8-9-10-11-12-13-14-15-16-17-18(19)20/h2-17H2,1H3,(H2,19,20);2*2-17H2,1H3,(H,19,20). The van der Waals surface area contributed by atoms with Gasteiger partial charge in [-0.1, -0.05) is 290 Å². The quantitative estimate of drug-likeness (QED) is 0.0527. The molecular weight excluding hydrogens is 743 g/mol. The smallest absolute Gasteiger partial charge is 0.303 e. The maximum atomic E-state index is 10.6. The fourth-order valence-electron chi connectivity index (χ4n) is 7.97. The van der Waals surface area contributed by atoms with Gasteiger partial charge in [-0.15, -0.1) is 0 Å². The summed E-state index contributed by atoms with van der Waals surface area (Å²) in [5.74, 6) is -1.46. The first-order valence-electron chi connectivity index (χ1n) is 27.0. The van der Waals surface area contributed by atoms with Crippen molar-refractivity contribution in [3.8, 4) is 0 Å². The number of carbonyl (C=O) groups is 3. The Kier molecular flexibility index (Phi) is 62.2. The van der Waals surface area contributed by atoms with Gasteiger partial charge in [-0.3, -0.25) is 14.4 Å². The molecule has 4 N–H and O–H groups in total. The third-order valence-electron chi connectivity index (χ3n) is 12.0. The minimum absolute atomic E-state index is 0.153. The fourth-order valence-corrected chi connectivity index (χ4v) is 7.97. The molecule has 0 aliphatic rings. The second kappa shape index (κ2) is 59.5. The Balaban J connectivity index is -0.000000812. The maximum Gasteiger partial charge on any atom is 0.303 e. The van der Waals surface area contributed by atoms with E-state index in [0.29, 0.717) is 19.3 Å². The lowest BCUT2D eigenvalue weighted by atomic mass is 10.0. The molecule has 0 atom stereocenters. The molecule has 0 bridgehead atoms. The van der Waals surface area contributed by atoms with Crippen LogP contribution in [0.3, 0.4) is 0 Å². The highest BCUT2D eigenvalue weighted by molar-refractivity contribution is 5.73. The van der Waals surface area contributed by atoms with Crippen molar-refractivity contribution in [2.75, 3.05) is 0 Å². The van der Waals surface area contributed by atoms with Gasteiger partial charge in [-0.05, 0) is 19.3 Å². The number of hydrogen-bond acceptors (Lipinski definition) is 3. The summed E-state index contributed by atoms with van der Waals surface area (Å²) in [7, 11) is 0. The second-order valence-electron chi connectivity index (χ2n) is 18.4. The summed E-state index contributed by atoms with van der Waals surface area (Å²) in [6.45, 7) is 6.82. The molecule has 0 heterocycles.